The molecular formula is C11H16F2N4O2S. The van der Waals surface area contributed by atoms with Crippen molar-refractivity contribution in [2.45, 2.75) is 30.5 Å². The van der Waals surface area contributed by atoms with Gasteiger partial charge in [0.1, 0.15) is 6.33 Å². The highest BCUT2D eigenvalue weighted by molar-refractivity contribution is 7.99. The molecule has 0 spiro atoms. The Labute approximate surface area is 119 Å². The first-order valence-corrected chi connectivity index (χ1v) is 7.29. The highest BCUT2D eigenvalue weighted by Crippen LogP contribution is 2.37. The van der Waals surface area contributed by atoms with Crippen LogP contribution in [0.4, 0.5) is 8.78 Å². The van der Waals surface area contributed by atoms with Crippen molar-refractivity contribution in [2.24, 2.45) is 0 Å². The van der Waals surface area contributed by atoms with E-state index in [4.69, 9.17) is 5.11 Å². The van der Waals surface area contributed by atoms with Crippen molar-refractivity contribution >= 4 is 17.7 Å². The van der Waals surface area contributed by atoms with E-state index in [1.807, 2.05) is 4.57 Å². The first-order valence-electron chi connectivity index (χ1n) is 6.31. The maximum Gasteiger partial charge on any atom is 0.255 e. The zero-order chi connectivity index (χ0) is 14.5. The molecule has 9 heteroatoms. The summed E-state index contributed by atoms with van der Waals surface area (Å²) < 4.78 is 26.6. The number of amides is 1. The minimum absolute atomic E-state index is 0.0120. The van der Waals surface area contributed by atoms with Gasteiger partial charge in [-0.2, -0.15) is 0 Å². The van der Waals surface area contributed by atoms with Gasteiger partial charge in [0.2, 0.25) is 5.91 Å². The Morgan fingerprint density at radius 1 is 1.60 bits per heavy atom. The molecule has 0 radical (unpaired) electrons. The summed E-state index contributed by atoms with van der Waals surface area (Å²) in [5.41, 5.74) is 0. The average molecular weight is 306 g/mol. The fourth-order valence-electron chi connectivity index (χ4n) is 1.76. The minimum Gasteiger partial charge on any atom is -0.395 e. The molecule has 0 aliphatic heterocycles. The third kappa shape index (κ3) is 4.14. The van der Waals surface area contributed by atoms with E-state index in [0.29, 0.717) is 11.2 Å². The largest absolute Gasteiger partial charge is 0.395 e. The molecule has 0 saturated heterocycles. The van der Waals surface area contributed by atoms with Gasteiger partial charge in [-0.15, -0.1) is 10.2 Å². The summed E-state index contributed by atoms with van der Waals surface area (Å²) in [7, 11) is 0. The lowest BCUT2D eigenvalue weighted by Gasteiger charge is -2.20. The smallest absolute Gasteiger partial charge is 0.255 e. The van der Waals surface area contributed by atoms with Crippen LogP contribution >= 0.6 is 11.8 Å². The maximum atomic E-state index is 12.4. The fraction of sp³-hybridized carbons (Fsp3) is 0.727. The molecule has 0 atom stereocenters. The highest BCUT2D eigenvalue weighted by atomic mass is 32.2. The van der Waals surface area contributed by atoms with Crippen molar-refractivity contribution in [3.05, 3.63) is 6.33 Å². The summed E-state index contributed by atoms with van der Waals surface area (Å²) >= 11 is 1.18. The van der Waals surface area contributed by atoms with Crippen LogP contribution in [0.5, 0.6) is 0 Å². The van der Waals surface area contributed by atoms with E-state index in [0.717, 1.165) is 17.7 Å². The predicted molar refractivity (Wildman–Crippen MR) is 68.7 cm³/mol. The Hall–Kier alpha value is -1.22. The van der Waals surface area contributed by atoms with Gasteiger partial charge in [-0.05, 0) is 12.8 Å². The fourth-order valence-corrected chi connectivity index (χ4v) is 2.65. The van der Waals surface area contributed by atoms with E-state index < -0.39 is 18.9 Å². The SMILES string of the molecule is O=C(CSc1nncn1C1CC1)N(CCO)CC(F)F. The number of hydrogen-bond acceptors (Lipinski definition) is 5. The van der Waals surface area contributed by atoms with Crippen molar-refractivity contribution in [3.8, 4) is 0 Å². The van der Waals surface area contributed by atoms with Gasteiger partial charge < -0.3 is 14.6 Å². The number of aromatic nitrogens is 3. The average Bonchev–Trinajstić information content (AvgIpc) is 3.14. The molecule has 1 amide bonds. The van der Waals surface area contributed by atoms with E-state index in [9.17, 15) is 13.6 Å². The van der Waals surface area contributed by atoms with Crippen molar-refractivity contribution in [3.63, 3.8) is 0 Å². The van der Waals surface area contributed by atoms with Crippen molar-refractivity contribution in [1.82, 2.24) is 19.7 Å². The molecule has 20 heavy (non-hydrogen) atoms. The summed E-state index contributed by atoms with van der Waals surface area (Å²) in [6.45, 7) is -1.07. The van der Waals surface area contributed by atoms with Crippen LogP contribution in [0, 0.1) is 0 Å². The van der Waals surface area contributed by atoms with Gasteiger partial charge in [0.15, 0.2) is 5.16 Å². The van der Waals surface area contributed by atoms with Crippen LogP contribution in [0.15, 0.2) is 11.5 Å². The van der Waals surface area contributed by atoms with Gasteiger partial charge in [-0.25, -0.2) is 8.78 Å². The second-order valence-corrected chi connectivity index (χ2v) is 5.44. The van der Waals surface area contributed by atoms with Gasteiger partial charge in [0.25, 0.3) is 6.43 Å². The number of carbonyl (C=O) groups excluding carboxylic acids is 1. The molecule has 0 bridgehead atoms. The van der Waals surface area contributed by atoms with E-state index in [1.165, 1.54) is 11.8 Å². The molecule has 2 rings (SSSR count). The number of nitrogens with zero attached hydrogens (tertiary/aromatic N) is 4. The number of hydrogen-bond donors (Lipinski definition) is 1. The van der Waals surface area contributed by atoms with Gasteiger partial charge in [0.05, 0.1) is 18.9 Å². The van der Waals surface area contributed by atoms with Crippen LogP contribution in [0.3, 0.4) is 0 Å². The zero-order valence-electron chi connectivity index (χ0n) is 10.8. The van der Waals surface area contributed by atoms with Gasteiger partial charge in [-0.1, -0.05) is 11.8 Å². The molecule has 0 unspecified atom stereocenters. The predicted octanol–water partition coefficient (Wildman–Crippen LogP) is 0.791. The molecule has 6 nitrogen and oxygen atoms in total. The molecule has 1 aliphatic carbocycles. The normalized spacial score (nSPS) is 14.8. The molecule has 1 heterocycles. The van der Waals surface area contributed by atoms with E-state index in [2.05, 4.69) is 10.2 Å². The Balaban J connectivity index is 1.87. The molecule has 1 aliphatic rings. The van der Waals surface area contributed by atoms with Crippen LogP contribution in [0.25, 0.3) is 0 Å². The minimum atomic E-state index is -2.61. The molecule has 1 fully saturated rings. The lowest BCUT2D eigenvalue weighted by Crippen LogP contribution is -2.38. The summed E-state index contributed by atoms with van der Waals surface area (Å²) in [5, 5.41) is 17.2. The first-order chi connectivity index (χ1) is 9.61. The maximum absolute atomic E-state index is 12.4. The standard InChI is InChI=1S/C11H16F2N4O2S/c12-9(13)5-16(3-4-18)10(19)6-20-11-15-14-7-17(11)8-1-2-8/h7-9,18H,1-6H2. The second-order valence-electron chi connectivity index (χ2n) is 4.50. The van der Waals surface area contributed by atoms with Gasteiger partial charge >= 0.3 is 0 Å². The first kappa shape index (κ1) is 15.2. The third-order valence-electron chi connectivity index (χ3n) is 2.89. The van der Waals surface area contributed by atoms with Gasteiger partial charge in [0, 0.05) is 12.6 Å². The Morgan fingerprint density at radius 3 is 2.95 bits per heavy atom. The van der Waals surface area contributed by atoms with Crippen molar-refractivity contribution < 1.29 is 18.7 Å². The van der Waals surface area contributed by atoms with E-state index >= 15 is 0 Å². The van der Waals surface area contributed by atoms with Crippen LogP contribution in [-0.4, -0.2) is 62.6 Å². The summed E-state index contributed by atoms with van der Waals surface area (Å²) in [6.07, 6.45) is 1.16. The third-order valence-corrected chi connectivity index (χ3v) is 3.83. The Bertz CT molecular complexity index is 453. The summed E-state index contributed by atoms with van der Waals surface area (Å²) in [4.78, 5) is 12.8. The van der Waals surface area contributed by atoms with Crippen LogP contribution < -0.4 is 0 Å². The second kappa shape index (κ2) is 6.98. The summed E-state index contributed by atoms with van der Waals surface area (Å²) in [6, 6.07) is 0.400. The lowest BCUT2D eigenvalue weighted by molar-refractivity contribution is -0.130. The summed E-state index contributed by atoms with van der Waals surface area (Å²) in [5.74, 6) is -0.423. The lowest BCUT2D eigenvalue weighted by atomic mass is 10.4. The van der Waals surface area contributed by atoms with Crippen LogP contribution in [0.2, 0.25) is 0 Å². The Morgan fingerprint density at radius 2 is 2.35 bits per heavy atom. The molecule has 1 aromatic heterocycles. The monoisotopic (exact) mass is 306 g/mol. The topological polar surface area (TPSA) is 71.2 Å². The number of aliphatic hydroxyl groups excluding tert-OH is 1. The quantitative estimate of drug-likeness (QED) is 0.719. The number of halogens is 2. The van der Waals surface area contributed by atoms with Crippen molar-refractivity contribution in [2.75, 3.05) is 25.4 Å². The Kier molecular flexibility index (Phi) is 5.30. The van der Waals surface area contributed by atoms with Crippen LogP contribution in [-0.2, 0) is 4.79 Å². The zero-order valence-corrected chi connectivity index (χ0v) is 11.6. The molecule has 0 aromatic carbocycles. The molecule has 112 valence electrons. The van der Waals surface area contributed by atoms with E-state index in [-0.39, 0.29) is 18.9 Å². The molecule has 1 aromatic rings. The molecule has 1 N–H and O–H groups in total. The number of rotatable bonds is 8. The number of carbonyl (C=O) groups is 1. The number of alkyl halides is 2. The van der Waals surface area contributed by atoms with Crippen LogP contribution in [0.1, 0.15) is 18.9 Å². The number of thioether (sulfide) groups is 1. The highest BCUT2D eigenvalue weighted by Gasteiger charge is 2.27. The van der Waals surface area contributed by atoms with Gasteiger partial charge in [-0.3, -0.25) is 4.79 Å². The van der Waals surface area contributed by atoms with E-state index in [1.54, 1.807) is 6.33 Å². The number of aliphatic hydroxyl groups is 1. The molecule has 1 saturated carbocycles. The molecular weight excluding hydrogens is 290 g/mol. The van der Waals surface area contributed by atoms with Crippen molar-refractivity contribution in [1.29, 1.82) is 0 Å².